The van der Waals surface area contributed by atoms with Crippen LogP contribution in [0, 0.1) is 0 Å². The number of hydrogen-bond acceptors (Lipinski definition) is 5. The molecule has 0 unspecified atom stereocenters. The lowest BCUT2D eigenvalue weighted by molar-refractivity contribution is -0.143. The molecule has 166 valence electrons. The summed E-state index contributed by atoms with van der Waals surface area (Å²) in [7, 11) is 0. The zero-order valence-corrected chi connectivity index (χ0v) is 16.9. The molecule has 0 aliphatic carbocycles. The number of amides is 2. The maximum absolute atomic E-state index is 12.9. The minimum atomic E-state index is -1.37. The quantitative estimate of drug-likeness (QED) is 0.318. The number of benzene rings is 1. The number of aliphatic carboxylic acids is 2. The Bertz CT molecular complexity index is 966. The van der Waals surface area contributed by atoms with Crippen LogP contribution in [0.1, 0.15) is 31.2 Å². The summed E-state index contributed by atoms with van der Waals surface area (Å²) < 4.78 is 0. The van der Waals surface area contributed by atoms with Gasteiger partial charge in [-0.15, -0.1) is 0 Å². The Balaban J connectivity index is 1.78. The molecule has 31 heavy (non-hydrogen) atoms. The largest absolute Gasteiger partial charge is 0.481 e. The highest BCUT2D eigenvalue weighted by Crippen LogP contribution is 2.19. The molecule has 10 heteroatoms. The zero-order valence-electron chi connectivity index (χ0n) is 16.9. The van der Waals surface area contributed by atoms with Gasteiger partial charge in [-0.05, 0) is 37.4 Å². The van der Waals surface area contributed by atoms with Gasteiger partial charge in [0.1, 0.15) is 12.1 Å². The van der Waals surface area contributed by atoms with Crippen LogP contribution in [0.25, 0.3) is 10.9 Å². The Morgan fingerprint density at radius 3 is 2.55 bits per heavy atom. The van der Waals surface area contributed by atoms with Gasteiger partial charge < -0.3 is 31.1 Å². The number of carbonyl (C=O) groups is 4. The average molecular weight is 430 g/mol. The lowest BCUT2D eigenvalue weighted by Gasteiger charge is -2.22. The van der Waals surface area contributed by atoms with Gasteiger partial charge in [0.2, 0.25) is 11.8 Å². The van der Waals surface area contributed by atoms with Crippen molar-refractivity contribution in [2.75, 3.05) is 6.54 Å². The smallest absolute Gasteiger partial charge is 0.326 e. The second-order valence-corrected chi connectivity index (χ2v) is 7.61. The fourth-order valence-corrected chi connectivity index (χ4v) is 3.71. The van der Waals surface area contributed by atoms with Crippen LogP contribution in [-0.4, -0.2) is 63.6 Å². The molecule has 1 aliphatic heterocycles. The van der Waals surface area contributed by atoms with Crippen LogP contribution in [0.5, 0.6) is 0 Å². The summed E-state index contributed by atoms with van der Waals surface area (Å²) in [5.74, 6) is -3.48. The molecule has 1 fully saturated rings. The highest BCUT2D eigenvalue weighted by molar-refractivity contribution is 5.93. The first-order valence-electron chi connectivity index (χ1n) is 10.2. The van der Waals surface area contributed by atoms with Gasteiger partial charge in [0.15, 0.2) is 0 Å². The third kappa shape index (κ3) is 5.82. The number of para-hydroxylation sites is 1. The molecule has 6 N–H and O–H groups in total. The van der Waals surface area contributed by atoms with Gasteiger partial charge in [-0.25, -0.2) is 4.79 Å². The van der Waals surface area contributed by atoms with E-state index in [0.29, 0.717) is 13.0 Å². The number of carboxylic acids is 2. The molecule has 0 spiro atoms. The Hall–Kier alpha value is -3.40. The number of H-pyrrole nitrogens is 1. The maximum atomic E-state index is 12.9. The third-order valence-electron chi connectivity index (χ3n) is 5.37. The Kier molecular flexibility index (Phi) is 7.24. The van der Waals surface area contributed by atoms with Crippen LogP contribution in [0.2, 0.25) is 0 Å². The number of fused-ring (bicyclic) bond motifs is 1. The molecule has 3 rings (SSSR count). The van der Waals surface area contributed by atoms with Crippen molar-refractivity contribution in [3.8, 4) is 0 Å². The predicted octanol–water partition coefficient (Wildman–Crippen LogP) is 0.381. The fraction of sp³-hybridized carbons (Fsp3) is 0.429. The SMILES string of the molecule is O=C(O)CC[C@H](NC(=O)[C@H](Cc1c[nH]c2ccccc12)NC(=O)[C@@H]1CCCN1)C(=O)O. The molecule has 1 saturated heterocycles. The molecule has 0 bridgehead atoms. The molecule has 2 amide bonds. The standard InChI is InChI=1S/C21H26N4O6/c26-18(27)8-7-16(21(30)31)24-20(29)17(25-19(28)15-6-3-9-22-15)10-12-11-23-14-5-2-1-4-13(12)14/h1-2,4-5,11,15-17,22-23H,3,6-10H2,(H,24,29)(H,25,28)(H,26,27)(H,30,31)/t15-,16-,17-/m0/s1. The molecule has 1 aromatic heterocycles. The summed E-state index contributed by atoms with van der Waals surface area (Å²) in [5, 5.41) is 27.3. The Morgan fingerprint density at radius 2 is 1.87 bits per heavy atom. The first-order chi connectivity index (χ1) is 14.8. The van der Waals surface area contributed by atoms with Crippen LogP contribution >= 0.6 is 0 Å². The van der Waals surface area contributed by atoms with E-state index in [2.05, 4.69) is 20.9 Å². The van der Waals surface area contributed by atoms with Crippen molar-refractivity contribution in [3.05, 3.63) is 36.0 Å². The zero-order chi connectivity index (χ0) is 22.4. The maximum Gasteiger partial charge on any atom is 0.326 e. The number of aromatic amines is 1. The Morgan fingerprint density at radius 1 is 1.10 bits per heavy atom. The van der Waals surface area contributed by atoms with Crippen LogP contribution in [0.4, 0.5) is 0 Å². The van der Waals surface area contributed by atoms with Crippen molar-refractivity contribution in [2.24, 2.45) is 0 Å². The van der Waals surface area contributed by atoms with Crippen LogP contribution in [0.3, 0.4) is 0 Å². The van der Waals surface area contributed by atoms with E-state index >= 15 is 0 Å². The first kappa shape index (κ1) is 22.3. The lowest BCUT2D eigenvalue weighted by atomic mass is 10.0. The first-order valence-corrected chi connectivity index (χ1v) is 10.2. The molecule has 1 aromatic carbocycles. The normalized spacial score (nSPS) is 17.7. The topological polar surface area (TPSA) is 161 Å². The van der Waals surface area contributed by atoms with Gasteiger partial charge in [-0.2, -0.15) is 0 Å². The number of aromatic nitrogens is 1. The van der Waals surface area contributed by atoms with E-state index in [9.17, 15) is 24.3 Å². The van der Waals surface area contributed by atoms with Crippen molar-refractivity contribution in [1.29, 1.82) is 0 Å². The van der Waals surface area contributed by atoms with E-state index in [-0.39, 0.29) is 18.7 Å². The van der Waals surface area contributed by atoms with E-state index in [0.717, 1.165) is 22.9 Å². The molecule has 2 aromatic rings. The van der Waals surface area contributed by atoms with E-state index in [4.69, 9.17) is 5.11 Å². The second-order valence-electron chi connectivity index (χ2n) is 7.61. The molecule has 10 nitrogen and oxygen atoms in total. The minimum absolute atomic E-state index is 0.152. The fourth-order valence-electron chi connectivity index (χ4n) is 3.71. The summed E-state index contributed by atoms with van der Waals surface area (Å²) in [6, 6.07) is 4.74. The Labute approximate surface area is 178 Å². The van der Waals surface area contributed by atoms with Crippen molar-refractivity contribution in [2.45, 2.75) is 50.2 Å². The second kappa shape index (κ2) is 10.1. The molecular weight excluding hydrogens is 404 g/mol. The van der Waals surface area contributed by atoms with Crippen LogP contribution in [0.15, 0.2) is 30.5 Å². The number of nitrogens with one attached hydrogen (secondary N) is 4. The van der Waals surface area contributed by atoms with Crippen molar-refractivity contribution in [3.63, 3.8) is 0 Å². The van der Waals surface area contributed by atoms with Gasteiger partial charge in [-0.1, -0.05) is 18.2 Å². The lowest BCUT2D eigenvalue weighted by Crippen LogP contribution is -2.55. The summed E-state index contributed by atoms with van der Waals surface area (Å²) in [6.07, 6.45) is 2.76. The summed E-state index contributed by atoms with van der Waals surface area (Å²) in [6.45, 7) is 0.716. The van der Waals surface area contributed by atoms with Gasteiger partial charge >= 0.3 is 11.9 Å². The van der Waals surface area contributed by atoms with E-state index in [1.807, 2.05) is 24.3 Å². The highest BCUT2D eigenvalue weighted by atomic mass is 16.4. The average Bonchev–Trinajstić information content (AvgIpc) is 3.40. The van der Waals surface area contributed by atoms with Gasteiger partial charge in [0, 0.05) is 29.9 Å². The van der Waals surface area contributed by atoms with Gasteiger partial charge in [0.25, 0.3) is 0 Å². The van der Waals surface area contributed by atoms with E-state index in [1.54, 1.807) is 6.20 Å². The monoisotopic (exact) mass is 430 g/mol. The van der Waals surface area contributed by atoms with E-state index < -0.39 is 42.4 Å². The molecular formula is C21H26N4O6. The minimum Gasteiger partial charge on any atom is -0.481 e. The van der Waals surface area contributed by atoms with Crippen LogP contribution < -0.4 is 16.0 Å². The van der Waals surface area contributed by atoms with E-state index in [1.165, 1.54) is 0 Å². The molecule has 1 aliphatic rings. The van der Waals surface area contributed by atoms with Gasteiger partial charge in [-0.3, -0.25) is 14.4 Å². The summed E-state index contributed by atoms with van der Waals surface area (Å²) in [5.41, 5.74) is 1.68. The predicted molar refractivity (Wildman–Crippen MR) is 111 cm³/mol. The molecule has 0 saturated carbocycles. The number of hydrogen-bond donors (Lipinski definition) is 6. The summed E-state index contributed by atoms with van der Waals surface area (Å²) >= 11 is 0. The van der Waals surface area contributed by atoms with Gasteiger partial charge in [0.05, 0.1) is 6.04 Å². The highest BCUT2D eigenvalue weighted by Gasteiger charge is 2.30. The van der Waals surface area contributed by atoms with Crippen molar-refractivity contribution >= 4 is 34.7 Å². The number of rotatable bonds is 10. The number of carbonyl (C=O) groups excluding carboxylic acids is 2. The third-order valence-corrected chi connectivity index (χ3v) is 5.37. The number of carboxylic acid groups (broad SMARTS) is 2. The molecule has 3 atom stereocenters. The molecule has 0 radical (unpaired) electrons. The summed E-state index contributed by atoms with van der Waals surface area (Å²) in [4.78, 5) is 51.0. The van der Waals surface area contributed by atoms with Crippen LogP contribution in [-0.2, 0) is 25.6 Å². The van der Waals surface area contributed by atoms with Crippen molar-refractivity contribution < 1.29 is 29.4 Å². The van der Waals surface area contributed by atoms with Crippen molar-refractivity contribution in [1.82, 2.24) is 20.9 Å². The molecule has 2 heterocycles.